The highest BCUT2D eigenvalue weighted by Gasteiger charge is 2.18. The van der Waals surface area contributed by atoms with Gasteiger partial charge in [-0.15, -0.1) is 0 Å². The van der Waals surface area contributed by atoms with Gasteiger partial charge in [-0.3, -0.25) is 9.78 Å². The Kier molecular flexibility index (Phi) is 4.80. The summed E-state index contributed by atoms with van der Waals surface area (Å²) >= 11 is 0. The van der Waals surface area contributed by atoms with Crippen LogP contribution in [0.25, 0.3) is 0 Å². The van der Waals surface area contributed by atoms with Crippen LogP contribution in [-0.4, -0.2) is 33.9 Å². The van der Waals surface area contributed by atoms with Crippen LogP contribution in [0, 0.1) is 5.92 Å². The summed E-state index contributed by atoms with van der Waals surface area (Å²) in [4.78, 5) is 27.0. The molecule has 6 heteroatoms. The number of anilines is 1. The molecule has 0 radical (unpaired) electrons. The van der Waals surface area contributed by atoms with Crippen molar-refractivity contribution in [3.8, 4) is 0 Å². The first-order chi connectivity index (χ1) is 11.2. The molecular weight excluding hydrogens is 290 g/mol. The molecule has 0 aliphatic carbocycles. The van der Waals surface area contributed by atoms with Crippen molar-refractivity contribution in [2.45, 2.75) is 26.3 Å². The predicted octanol–water partition coefficient (Wildman–Crippen LogP) is 2.04. The summed E-state index contributed by atoms with van der Waals surface area (Å²) in [7, 11) is 0. The summed E-state index contributed by atoms with van der Waals surface area (Å²) in [5.41, 5.74) is 1.34. The van der Waals surface area contributed by atoms with Crippen LogP contribution in [0.4, 0.5) is 5.82 Å². The van der Waals surface area contributed by atoms with E-state index < -0.39 is 0 Å². The number of aromatic nitrogens is 3. The zero-order valence-corrected chi connectivity index (χ0v) is 13.3. The standard InChI is InChI=1S/C17H21N5O/c1-13-3-2-8-22(12-13)16-11-19-15(10-20-16)17(23)21-9-14-4-6-18-7-5-14/h4-7,10-11,13H,2-3,8-9,12H2,1H3,(H,21,23). The molecule has 120 valence electrons. The Hall–Kier alpha value is -2.50. The van der Waals surface area contributed by atoms with E-state index >= 15 is 0 Å². The van der Waals surface area contributed by atoms with Gasteiger partial charge in [-0.25, -0.2) is 9.97 Å². The summed E-state index contributed by atoms with van der Waals surface area (Å²) in [5.74, 6) is 1.31. The number of carbonyl (C=O) groups excluding carboxylic acids is 1. The van der Waals surface area contributed by atoms with Gasteiger partial charge in [0.25, 0.3) is 5.91 Å². The second-order valence-electron chi connectivity index (χ2n) is 5.99. The van der Waals surface area contributed by atoms with Crippen LogP contribution in [-0.2, 0) is 6.54 Å². The number of pyridine rings is 1. The van der Waals surface area contributed by atoms with Crippen molar-refractivity contribution in [3.63, 3.8) is 0 Å². The van der Waals surface area contributed by atoms with Crippen molar-refractivity contribution in [1.82, 2.24) is 20.3 Å². The number of piperidine rings is 1. The molecule has 3 rings (SSSR count). The third-order valence-corrected chi connectivity index (χ3v) is 4.05. The Labute approximate surface area is 136 Å². The molecule has 1 N–H and O–H groups in total. The van der Waals surface area contributed by atoms with E-state index in [0.717, 1.165) is 24.5 Å². The van der Waals surface area contributed by atoms with Gasteiger partial charge in [-0.1, -0.05) is 6.92 Å². The van der Waals surface area contributed by atoms with Crippen LogP contribution in [0.15, 0.2) is 36.9 Å². The maximum atomic E-state index is 12.1. The summed E-state index contributed by atoms with van der Waals surface area (Å²) in [6, 6.07) is 3.74. The van der Waals surface area contributed by atoms with E-state index in [1.165, 1.54) is 12.8 Å². The maximum absolute atomic E-state index is 12.1. The van der Waals surface area contributed by atoms with E-state index in [1.54, 1.807) is 24.8 Å². The van der Waals surface area contributed by atoms with Crippen molar-refractivity contribution in [3.05, 3.63) is 48.2 Å². The lowest BCUT2D eigenvalue weighted by Crippen LogP contribution is -2.35. The minimum atomic E-state index is -0.215. The Morgan fingerprint density at radius 2 is 2.13 bits per heavy atom. The van der Waals surface area contributed by atoms with Crippen LogP contribution in [0.1, 0.15) is 35.8 Å². The van der Waals surface area contributed by atoms with Gasteiger partial charge in [0.05, 0.1) is 12.4 Å². The normalized spacial score (nSPS) is 17.8. The van der Waals surface area contributed by atoms with Gasteiger partial charge in [-0.05, 0) is 36.5 Å². The number of hydrogen-bond acceptors (Lipinski definition) is 5. The minimum absolute atomic E-state index is 0.215. The van der Waals surface area contributed by atoms with Gasteiger partial charge in [-0.2, -0.15) is 0 Å². The monoisotopic (exact) mass is 311 g/mol. The smallest absolute Gasteiger partial charge is 0.271 e. The Morgan fingerprint density at radius 3 is 2.83 bits per heavy atom. The number of carbonyl (C=O) groups is 1. The van der Waals surface area contributed by atoms with Crippen LogP contribution in [0.3, 0.4) is 0 Å². The van der Waals surface area contributed by atoms with Crippen LogP contribution in [0.5, 0.6) is 0 Å². The third-order valence-electron chi connectivity index (χ3n) is 4.05. The van der Waals surface area contributed by atoms with Crippen molar-refractivity contribution in [2.24, 2.45) is 5.92 Å². The molecule has 23 heavy (non-hydrogen) atoms. The van der Waals surface area contributed by atoms with Crippen LogP contribution < -0.4 is 10.2 Å². The number of nitrogens with zero attached hydrogens (tertiary/aromatic N) is 4. The van der Waals surface area contributed by atoms with Gasteiger partial charge in [0.2, 0.25) is 0 Å². The molecule has 0 saturated carbocycles. The predicted molar refractivity (Wildman–Crippen MR) is 88.1 cm³/mol. The molecular formula is C17H21N5O. The SMILES string of the molecule is CC1CCCN(c2cnc(C(=O)NCc3ccncc3)cn2)C1. The third kappa shape index (κ3) is 4.03. The number of hydrogen-bond donors (Lipinski definition) is 1. The molecule has 2 aromatic rings. The van der Waals surface area contributed by atoms with Gasteiger partial charge in [0, 0.05) is 32.0 Å². The largest absolute Gasteiger partial charge is 0.355 e. The number of rotatable bonds is 4. The van der Waals surface area contributed by atoms with Crippen molar-refractivity contribution >= 4 is 11.7 Å². The second kappa shape index (κ2) is 7.17. The highest BCUT2D eigenvalue weighted by Crippen LogP contribution is 2.20. The molecule has 1 atom stereocenters. The lowest BCUT2D eigenvalue weighted by molar-refractivity contribution is 0.0945. The quantitative estimate of drug-likeness (QED) is 0.935. The molecule has 1 aliphatic rings. The Bertz CT molecular complexity index is 644. The molecule has 1 unspecified atom stereocenters. The minimum Gasteiger partial charge on any atom is -0.355 e. The molecule has 1 fully saturated rings. The van der Waals surface area contributed by atoms with Gasteiger partial charge in [0.15, 0.2) is 0 Å². The number of nitrogens with one attached hydrogen (secondary N) is 1. The van der Waals surface area contributed by atoms with Crippen molar-refractivity contribution < 1.29 is 4.79 Å². The summed E-state index contributed by atoms with van der Waals surface area (Å²) in [6.45, 7) is 4.71. The Balaban J connectivity index is 1.59. The van der Waals surface area contributed by atoms with E-state index in [1.807, 2.05) is 12.1 Å². The molecule has 0 aromatic carbocycles. The van der Waals surface area contributed by atoms with Crippen molar-refractivity contribution in [2.75, 3.05) is 18.0 Å². The highest BCUT2D eigenvalue weighted by molar-refractivity contribution is 5.91. The highest BCUT2D eigenvalue weighted by atomic mass is 16.1. The first-order valence-electron chi connectivity index (χ1n) is 7.96. The molecule has 6 nitrogen and oxygen atoms in total. The first-order valence-corrected chi connectivity index (χ1v) is 7.96. The zero-order chi connectivity index (χ0) is 16.1. The van der Waals surface area contributed by atoms with Gasteiger partial charge >= 0.3 is 0 Å². The van der Waals surface area contributed by atoms with E-state index in [4.69, 9.17) is 0 Å². The topological polar surface area (TPSA) is 71.0 Å². The average molecular weight is 311 g/mol. The molecule has 1 aliphatic heterocycles. The van der Waals surface area contributed by atoms with Crippen molar-refractivity contribution in [1.29, 1.82) is 0 Å². The fourth-order valence-electron chi connectivity index (χ4n) is 2.77. The van der Waals surface area contributed by atoms with E-state index in [0.29, 0.717) is 18.2 Å². The second-order valence-corrected chi connectivity index (χ2v) is 5.99. The molecule has 1 amide bonds. The summed E-state index contributed by atoms with van der Waals surface area (Å²) in [5, 5.41) is 2.84. The van der Waals surface area contributed by atoms with E-state index in [-0.39, 0.29) is 5.91 Å². The maximum Gasteiger partial charge on any atom is 0.271 e. The summed E-state index contributed by atoms with van der Waals surface area (Å²) < 4.78 is 0. The molecule has 0 spiro atoms. The van der Waals surface area contributed by atoms with Crippen LogP contribution in [0.2, 0.25) is 0 Å². The van der Waals surface area contributed by atoms with Gasteiger partial charge < -0.3 is 10.2 Å². The Morgan fingerprint density at radius 1 is 1.30 bits per heavy atom. The van der Waals surface area contributed by atoms with Crippen LogP contribution >= 0.6 is 0 Å². The lowest BCUT2D eigenvalue weighted by atomic mass is 10.0. The molecule has 2 aromatic heterocycles. The lowest BCUT2D eigenvalue weighted by Gasteiger charge is -2.31. The number of amides is 1. The molecule has 1 saturated heterocycles. The van der Waals surface area contributed by atoms with E-state index in [2.05, 4.69) is 32.1 Å². The van der Waals surface area contributed by atoms with Gasteiger partial charge in [0.1, 0.15) is 11.5 Å². The first kappa shape index (κ1) is 15.4. The zero-order valence-electron chi connectivity index (χ0n) is 13.3. The average Bonchev–Trinajstić information content (AvgIpc) is 2.61. The fourth-order valence-corrected chi connectivity index (χ4v) is 2.77. The summed E-state index contributed by atoms with van der Waals surface area (Å²) in [6.07, 6.45) is 9.09. The van der Waals surface area contributed by atoms with E-state index in [9.17, 15) is 4.79 Å². The fraction of sp³-hybridized carbons (Fsp3) is 0.412. The molecule has 0 bridgehead atoms. The molecule has 3 heterocycles.